The number of aryl methyl sites for hydroxylation is 1. The van der Waals surface area contributed by atoms with Crippen LogP contribution in [0.5, 0.6) is 29.0 Å². The number of pyridine rings is 4. The van der Waals surface area contributed by atoms with Gasteiger partial charge in [0.2, 0.25) is 5.88 Å². The van der Waals surface area contributed by atoms with E-state index in [0.717, 1.165) is 24.1 Å². The molecule has 1 saturated carbocycles. The van der Waals surface area contributed by atoms with Gasteiger partial charge in [0, 0.05) is 36.6 Å². The minimum Gasteiger partial charge on any atom is -0.491 e. The lowest BCUT2D eigenvalue weighted by atomic mass is 10.1. The van der Waals surface area contributed by atoms with Crippen molar-refractivity contribution >= 4 is 34.6 Å². The van der Waals surface area contributed by atoms with Crippen LogP contribution in [0.1, 0.15) is 47.3 Å². The number of hydrogen-bond donors (Lipinski definition) is 1. The van der Waals surface area contributed by atoms with Crippen molar-refractivity contribution in [3.05, 3.63) is 92.9 Å². The van der Waals surface area contributed by atoms with E-state index in [1.165, 1.54) is 32.5 Å². The van der Waals surface area contributed by atoms with Crippen LogP contribution in [0.2, 0.25) is 5.02 Å². The molecule has 0 amide bonds. The van der Waals surface area contributed by atoms with Crippen LogP contribution in [-0.2, 0) is 0 Å². The van der Waals surface area contributed by atoms with Gasteiger partial charge < -0.3 is 24.3 Å². The van der Waals surface area contributed by atoms with Crippen LogP contribution >= 0.6 is 11.6 Å². The molecule has 1 aliphatic carbocycles. The molecule has 0 atom stereocenters. The minimum absolute atomic E-state index is 0.0185. The number of nitrogens with zero attached hydrogens (tertiary/aromatic N) is 4. The van der Waals surface area contributed by atoms with E-state index in [1.54, 1.807) is 36.0 Å². The Labute approximate surface area is 275 Å². The number of carbonyl (C=O) groups excluding carboxylic acids is 1. The van der Waals surface area contributed by atoms with Crippen LogP contribution in [0.25, 0.3) is 16.7 Å². The van der Waals surface area contributed by atoms with E-state index in [0.29, 0.717) is 52.8 Å². The predicted molar refractivity (Wildman–Crippen MR) is 177 cm³/mol. The van der Waals surface area contributed by atoms with Crippen LogP contribution in [0.3, 0.4) is 0 Å². The molecule has 6 rings (SSSR count). The number of halogens is 2. The highest BCUT2D eigenvalue weighted by Gasteiger charge is 2.28. The quantitative estimate of drug-likeness (QED) is 0.158. The molecule has 4 heterocycles. The number of methoxy groups -OCH3 is 2. The van der Waals surface area contributed by atoms with E-state index in [-0.39, 0.29) is 33.5 Å². The summed E-state index contributed by atoms with van der Waals surface area (Å²) in [7, 11) is 4.66. The van der Waals surface area contributed by atoms with Crippen molar-refractivity contribution in [1.82, 2.24) is 19.5 Å². The van der Waals surface area contributed by atoms with E-state index in [1.807, 2.05) is 26.0 Å². The zero-order valence-corrected chi connectivity index (χ0v) is 27.2. The van der Waals surface area contributed by atoms with Crippen molar-refractivity contribution in [3.8, 4) is 34.7 Å². The summed E-state index contributed by atoms with van der Waals surface area (Å²) in [5.74, 6) is 1.26. The second-order valence-electron chi connectivity index (χ2n) is 10.5. The van der Waals surface area contributed by atoms with E-state index >= 15 is 0 Å². The minimum atomic E-state index is -0.534. The summed E-state index contributed by atoms with van der Waals surface area (Å²) in [6, 6.07) is 11.5. The molecule has 1 aromatic carbocycles. The molecular weight excluding hydrogens is 629 g/mol. The Morgan fingerprint density at radius 2 is 1.85 bits per heavy atom. The van der Waals surface area contributed by atoms with Crippen LogP contribution in [-0.4, -0.2) is 53.7 Å². The molecule has 5 aromatic rings. The summed E-state index contributed by atoms with van der Waals surface area (Å²) in [6.07, 6.45) is 5.80. The van der Waals surface area contributed by atoms with Crippen molar-refractivity contribution in [2.45, 2.75) is 32.6 Å². The first kappa shape index (κ1) is 33.1. The smallest absolute Gasteiger partial charge is 0.265 e. The maximum absolute atomic E-state index is 14.2. The van der Waals surface area contributed by atoms with Gasteiger partial charge >= 0.3 is 0 Å². The van der Waals surface area contributed by atoms with Gasteiger partial charge in [-0.25, -0.2) is 14.4 Å². The maximum atomic E-state index is 14.2. The number of anilines is 1. The summed E-state index contributed by atoms with van der Waals surface area (Å²) in [5.41, 5.74) is 3.87. The zero-order valence-electron chi connectivity index (χ0n) is 26.5. The van der Waals surface area contributed by atoms with Crippen LogP contribution in [0.4, 0.5) is 10.1 Å². The van der Waals surface area contributed by atoms with Gasteiger partial charge in [0.1, 0.15) is 10.5 Å². The number of aromatic nitrogens is 4. The molecule has 4 aromatic heterocycles. The van der Waals surface area contributed by atoms with Gasteiger partial charge in [-0.15, -0.1) is 0 Å². The van der Waals surface area contributed by atoms with Crippen LogP contribution < -0.4 is 29.8 Å². The van der Waals surface area contributed by atoms with Gasteiger partial charge in [-0.1, -0.05) is 11.6 Å². The molecule has 0 spiro atoms. The fourth-order valence-corrected chi connectivity index (χ4v) is 5.03. The number of carbonyl (C=O) groups is 1. The van der Waals surface area contributed by atoms with Gasteiger partial charge in [0.25, 0.3) is 11.4 Å². The average molecular weight is 662 g/mol. The highest BCUT2D eigenvalue weighted by Crippen LogP contribution is 2.41. The molecule has 0 aliphatic heterocycles. The van der Waals surface area contributed by atoms with Crippen molar-refractivity contribution in [2.75, 3.05) is 33.2 Å². The third-order valence-corrected chi connectivity index (χ3v) is 7.65. The summed E-state index contributed by atoms with van der Waals surface area (Å²) < 4.78 is 37.3. The van der Waals surface area contributed by atoms with E-state index in [2.05, 4.69) is 20.3 Å². The van der Waals surface area contributed by atoms with Crippen molar-refractivity contribution in [2.24, 2.45) is 0 Å². The average Bonchev–Trinajstić information content (AvgIpc) is 3.92. The van der Waals surface area contributed by atoms with Crippen LogP contribution in [0.15, 0.2) is 59.7 Å². The van der Waals surface area contributed by atoms with E-state index < -0.39 is 5.82 Å². The Hall–Kier alpha value is -5.23. The lowest BCUT2D eigenvalue weighted by Crippen LogP contribution is -2.25. The number of aldehydes is 1. The molecule has 0 unspecified atom stereocenters. The normalized spacial score (nSPS) is 12.1. The van der Waals surface area contributed by atoms with E-state index in [4.69, 9.17) is 30.5 Å². The van der Waals surface area contributed by atoms with Crippen molar-refractivity contribution in [1.29, 1.82) is 0 Å². The molecule has 0 bridgehead atoms. The van der Waals surface area contributed by atoms with Crippen molar-refractivity contribution < 1.29 is 28.1 Å². The van der Waals surface area contributed by atoms with Gasteiger partial charge in [0.15, 0.2) is 29.4 Å². The van der Waals surface area contributed by atoms with E-state index in [9.17, 15) is 14.0 Å². The third kappa shape index (κ3) is 7.12. The van der Waals surface area contributed by atoms with Gasteiger partial charge in [-0.05, 0) is 62.4 Å². The molecule has 0 saturated heterocycles. The Bertz CT molecular complexity index is 2000. The summed E-state index contributed by atoms with van der Waals surface area (Å²) in [6.45, 7) is 4.35. The Balaban J connectivity index is 0.000000186. The highest BCUT2D eigenvalue weighted by molar-refractivity contribution is 6.33. The maximum Gasteiger partial charge on any atom is 0.265 e. The molecule has 47 heavy (non-hydrogen) atoms. The SMILES string of the molecule is CCOc1cc(C)c(-n2c(C3CC3)ccc(C=O)c2=O)cn1.CNc1ccc(Oc2c(Cl)cnc3cc(OC)c(OC)nc23)c(F)c1. The van der Waals surface area contributed by atoms with Crippen LogP contribution in [0, 0.1) is 12.7 Å². The molecule has 244 valence electrons. The molecule has 1 N–H and O–H groups in total. The molecular formula is C34H33ClFN5O6. The predicted octanol–water partition coefficient (Wildman–Crippen LogP) is 6.90. The Morgan fingerprint density at radius 3 is 2.47 bits per heavy atom. The Kier molecular flexibility index (Phi) is 10.2. The standard InChI is InChI=1S/C17H15ClFN3O3.C17H18N2O3/c1-20-9-4-5-13(11(19)6-9)25-16-10(18)8-21-12-7-14(23-2)17(24-3)22-15(12)16;1-3-22-16-8-11(2)15(9-18-16)19-14(12-4-5-12)7-6-13(10-20)17(19)21/h4-8,20H,1-3H3;6-10,12H,3-5H2,1-2H3. The first-order valence-electron chi connectivity index (χ1n) is 14.8. The summed E-state index contributed by atoms with van der Waals surface area (Å²) >= 11 is 6.20. The fourth-order valence-electron chi connectivity index (χ4n) is 4.86. The lowest BCUT2D eigenvalue weighted by Gasteiger charge is -2.15. The third-order valence-electron chi connectivity index (χ3n) is 7.39. The monoisotopic (exact) mass is 661 g/mol. The molecule has 1 aliphatic rings. The highest BCUT2D eigenvalue weighted by atomic mass is 35.5. The number of hydrogen-bond acceptors (Lipinski definition) is 10. The number of benzene rings is 1. The van der Waals surface area contributed by atoms with Gasteiger partial charge in [-0.2, -0.15) is 0 Å². The molecule has 13 heteroatoms. The van der Waals surface area contributed by atoms with Gasteiger partial charge in [-0.3, -0.25) is 19.1 Å². The number of ether oxygens (including phenoxy) is 4. The Morgan fingerprint density at radius 1 is 1.06 bits per heavy atom. The van der Waals surface area contributed by atoms with Gasteiger partial charge in [0.05, 0.1) is 50.0 Å². The fraction of sp³-hybridized carbons (Fsp3) is 0.265. The second kappa shape index (κ2) is 14.5. The number of rotatable bonds is 10. The first-order valence-corrected chi connectivity index (χ1v) is 15.1. The topological polar surface area (TPSA) is 127 Å². The van der Waals surface area contributed by atoms with Crippen molar-refractivity contribution in [3.63, 3.8) is 0 Å². The number of fused-ring (bicyclic) bond motifs is 1. The largest absolute Gasteiger partial charge is 0.491 e. The summed E-state index contributed by atoms with van der Waals surface area (Å²) in [5, 5.41) is 3.05. The second-order valence-corrected chi connectivity index (χ2v) is 10.9. The number of nitrogens with one attached hydrogen (secondary N) is 1. The molecule has 1 fully saturated rings. The zero-order chi connectivity index (χ0) is 33.7. The summed E-state index contributed by atoms with van der Waals surface area (Å²) in [4.78, 5) is 36.5. The first-order chi connectivity index (χ1) is 22.7. The molecule has 0 radical (unpaired) electrons. The lowest BCUT2D eigenvalue weighted by molar-refractivity contribution is 0.112. The molecule has 11 nitrogen and oxygen atoms in total.